The van der Waals surface area contributed by atoms with Crippen molar-refractivity contribution in [2.75, 3.05) is 13.2 Å². The second-order valence-electron chi connectivity index (χ2n) is 2.57. The van der Waals surface area contributed by atoms with Crippen LogP contribution in [0.15, 0.2) is 0 Å². The van der Waals surface area contributed by atoms with Crippen LogP contribution in [0, 0.1) is 0 Å². The van der Waals surface area contributed by atoms with Crippen molar-refractivity contribution in [1.29, 1.82) is 0 Å². The van der Waals surface area contributed by atoms with E-state index in [1.165, 1.54) is 0 Å². The van der Waals surface area contributed by atoms with E-state index in [9.17, 15) is 18.0 Å². The first kappa shape index (κ1) is 12.2. The van der Waals surface area contributed by atoms with Gasteiger partial charge in [0, 0.05) is 13.2 Å². The summed E-state index contributed by atoms with van der Waals surface area (Å²) in [7, 11) is 0. The number of hydrogen-bond donors (Lipinski definition) is 2. The van der Waals surface area contributed by atoms with Gasteiger partial charge in [0.05, 0.1) is 0 Å². The Bertz CT molecular complexity index is 158. The van der Waals surface area contributed by atoms with Crippen LogP contribution in [0.1, 0.15) is 19.3 Å². The van der Waals surface area contributed by atoms with Crippen LogP contribution < -0.4 is 5.32 Å². The lowest BCUT2D eigenvalue weighted by atomic mass is 10.3. The van der Waals surface area contributed by atoms with E-state index >= 15 is 0 Å². The Morgan fingerprint density at radius 2 is 1.92 bits per heavy atom. The Balaban J connectivity index is 3.41. The second kappa shape index (κ2) is 5.80. The predicted octanol–water partition coefficient (Wildman–Crippen LogP) is 0.828. The molecule has 1 amide bonds. The maximum absolute atomic E-state index is 11.6. The largest absolute Gasteiger partial charge is 0.397 e. The van der Waals surface area contributed by atoms with E-state index < -0.39 is 18.5 Å². The van der Waals surface area contributed by atoms with Crippen LogP contribution in [-0.2, 0) is 4.79 Å². The number of unbranched alkanes of at least 4 members (excludes halogenated alkanes) is 1. The summed E-state index contributed by atoms with van der Waals surface area (Å²) in [5.41, 5.74) is 0. The molecule has 0 aliphatic heterocycles. The topological polar surface area (TPSA) is 49.3 Å². The summed E-state index contributed by atoms with van der Waals surface area (Å²) in [6.07, 6.45) is -4.92. The number of nitrogens with one attached hydrogen (secondary N) is 1. The molecule has 0 rings (SSSR count). The van der Waals surface area contributed by atoms with Crippen molar-refractivity contribution < 1.29 is 23.1 Å². The fraction of sp³-hybridized carbons (Fsp3) is 0.857. The molecule has 0 saturated carbocycles. The molecule has 2 N–H and O–H groups in total. The highest BCUT2D eigenvalue weighted by Gasteiger charge is 2.30. The average Bonchev–Trinajstić information content (AvgIpc) is 1.94. The van der Waals surface area contributed by atoms with Crippen molar-refractivity contribution in [1.82, 2.24) is 5.32 Å². The number of aliphatic hydroxyl groups excluding tert-OH is 1. The van der Waals surface area contributed by atoms with Crippen LogP contribution in [0.25, 0.3) is 0 Å². The molecule has 13 heavy (non-hydrogen) atoms. The summed E-state index contributed by atoms with van der Waals surface area (Å²) in [6, 6.07) is 0. The smallest absolute Gasteiger partial charge is 0.396 e. The highest BCUT2D eigenvalue weighted by atomic mass is 19.4. The van der Waals surface area contributed by atoms with Crippen LogP contribution in [0.3, 0.4) is 0 Å². The maximum Gasteiger partial charge on any atom is 0.397 e. The average molecular weight is 199 g/mol. The normalized spacial score (nSPS) is 11.4. The summed E-state index contributed by atoms with van der Waals surface area (Å²) in [5, 5.41) is 10.4. The highest BCUT2D eigenvalue weighted by Crippen LogP contribution is 2.18. The minimum absolute atomic E-state index is 0.0187. The molecular formula is C7H12F3NO2. The molecule has 0 bridgehead atoms. The van der Waals surface area contributed by atoms with Crippen LogP contribution in [0.2, 0.25) is 0 Å². The van der Waals surface area contributed by atoms with Gasteiger partial charge in [-0.05, 0) is 12.8 Å². The molecule has 0 aliphatic carbocycles. The first-order chi connectivity index (χ1) is 5.95. The highest BCUT2D eigenvalue weighted by molar-refractivity contribution is 5.76. The Labute approximate surface area is 73.9 Å². The fourth-order valence-electron chi connectivity index (χ4n) is 0.709. The summed E-state index contributed by atoms with van der Waals surface area (Å²) >= 11 is 0. The number of rotatable bonds is 5. The van der Waals surface area contributed by atoms with Crippen molar-refractivity contribution in [2.24, 2.45) is 0 Å². The summed E-state index contributed by atoms with van der Waals surface area (Å²) < 4.78 is 34.7. The monoisotopic (exact) mass is 199 g/mol. The van der Waals surface area contributed by atoms with Crippen molar-refractivity contribution >= 4 is 5.91 Å². The van der Waals surface area contributed by atoms with Crippen molar-refractivity contribution in [3.05, 3.63) is 0 Å². The van der Waals surface area contributed by atoms with Gasteiger partial charge in [-0.15, -0.1) is 0 Å². The number of carbonyl (C=O) groups excluding carboxylic acids is 1. The first-order valence-corrected chi connectivity index (χ1v) is 3.90. The first-order valence-electron chi connectivity index (χ1n) is 3.90. The molecule has 0 atom stereocenters. The van der Waals surface area contributed by atoms with E-state index in [4.69, 9.17) is 5.11 Å². The molecule has 0 saturated heterocycles. The van der Waals surface area contributed by atoms with E-state index in [-0.39, 0.29) is 13.2 Å². The third-order valence-electron chi connectivity index (χ3n) is 1.27. The molecule has 3 nitrogen and oxygen atoms in total. The third kappa shape index (κ3) is 9.13. The quantitative estimate of drug-likeness (QED) is 0.644. The third-order valence-corrected chi connectivity index (χ3v) is 1.27. The van der Waals surface area contributed by atoms with Gasteiger partial charge in [-0.2, -0.15) is 13.2 Å². The molecule has 0 aromatic carbocycles. The van der Waals surface area contributed by atoms with Crippen molar-refractivity contribution in [3.8, 4) is 0 Å². The summed E-state index contributed by atoms with van der Waals surface area (Å²) in [4.78, 5) is 10.5. The van der Waals surface area contributed by atoms with Gasteiger partial charge in [-0.3, -0.25) is 4.79 Å². The number of aliphatic hydroxyl groups is 1. The van der Waals surface area contributed by atoms with Gasteiger partial charge in [0.15, 0.2) is 0 Å². The summed E-state index contributed by atoms with van der Waals surface area (Å²) in [5.74, 6) is -1.02. The number of amides is 1. The SMILES string of the molecule is O=C(CC(F)(F)F)NCCCCO. The van der Waals surface area contributed by atoms with E-state index in [0.29, 0.717) is 12.8 Å². The van der Waals surface area contributed by atoms with Gasteiger partial charge in [-0.1, -0.05) is 0 Å². The zero-order chi connectivity index (χ0) is 10.3. The van der Waals surface area contributed by atoms with Gasteiger partial charge in [0.25, 0.3) is 0 Å². The Morgan fingerprint density at radius 3 is 2.38 bits per heavy atom. The Kier molecular flexibility index (Phi) is 5.45. The molecule has 0 aromatic rings. The zero-order valence-electron chi connectivity index (χ0n) is 7.02. The number of alkyl halides is 3. The molecule has 78 valence electrons. The van der Waals surface area contributed by atoms with E-state index in [0.717, 1.165) is 0 Å². The van der Waals surface area contributed by atoms with Crippen LogP contribution >= 0.6 is 0 Å². The standard InChI is InChI=1S/C7H12F3NO2/c8-7(9,10)5-6(13)11-3-1-2-4-12/h12H,1-5H2,(H,11,13). The predicted molar refractivity (Wildman–Crippen MR) is 40.0 cm³/mol. The Hall–Kier alpha value is -0.780. The molecule has 0 aliphatic rings. The van der Waals surface area contributed by atoms with Crippen molar-refractivity contribution in [2.45, 2.75) is 25.4 Å². The van der Waals surface area contributed by atoms with Gasteiger partial charge < -0.3 is 10.4 Å². The van der Waals surface area contributed by atoms with Gasteiger partial charge in [0.1, 0.15) is 6.42 Å². The molecular weight excluding hydrogens is 187 g/mol. The van der Waals surface area contributed by atoms with Crippen molar-refractivity contribution in [3.63, 3.8) is 0 Å². The number of carbonyl (C=O) groups is 1. The number of halogens is 3. The molecule has 0 aromatic heterocycles. The lowest BCUT2D eigenvalue weighted by Crippen LogP contribution is -2.29. The molecule has 0 spiro atoms. The summed E-state index contributed by atoms with van der Waals surface area (Å²) in [6.45, 7) is 0.157. The van der Waals surface area contributed by atoms with E-state index in [1.54, 1.807) is 0 Å². The van der Waals surface area contributed by atoms with Crippen LogP contribution in [-0.4, -0.2) is 30.3 Å². The van der Waals surface area contributed by atoms with E-state index in [1.807, 2.05) is 0 Å². The van der Waals surface area contributed by atoms with Gasteiger partial charge in [0.2, 0.25) is 5.91 Å². The Morgan fingerprint density at radius 1 is 1.31 bits per heavy atom. The van der Waals surface area contributed by atoms with Crippen LogP contribution in [0.4, 0.5) is 13.2 Å². The van der Waals surface area contributed by atoms with E-state index in [2.05, 4.69) is 5.32 Å². The van der Waals surface area contributed by atoms with Gasteiger partial charge in [-0.25, -0.2) is 0 Å². The molecule has 0 unspecified atom stereocenters. The van der Waals surface area contributed by atoms with Gasteiger partial charge >= 0.3 is 6.18 Å². The molecule has 0 fully saturated rings. The minimum atomic E-state index is -4.44. The molecule has 0 radical (unpaired) electrons. The number of hydrogen-bond acceptors (Lipinski definition) is 2. The lowest BCUT2D eigenvalue weighted by molar-refractivity contribution is -0.153. The minimum Gasteiger partial charge on any atom is -0.396 e. The lowest BCUT2D eigenvalue weighted by Gasteiger charge is -2.06. The molecule has 0 heterocycles. The fourth-order valence-corrected chi connectivity index (χ4v) is 0.709. The van der Waals surface area contributed by atoms with Crippen LogP contribution in [0.5, 0.6) is 0 Å². The zero-order valence-corrected chi connectivity index (χ0v) is 7.02. The second-order valence-corrected chi connectivity index (χ2v) is 2.57. The maximum atomic E-state index is 11.6. The molecule has 6 heteroatoms.